The van der Waals surface area contributed by atoms with E-state index in [0.717, 1.165) is 0 Å². The zero-order valence-electron chi connectivity index (χ0n) is 9.40. The molecular formula is C12H11BrO4. The zero-order valence-corrected chi connectivity index (χ0v) is 11.0. The number of esters is 2. The summed E-state index contributed by atoms with van der Waals surface area (Å²) in [7, 11) is 0. The van der Waals surface area contributed by atoms with Gasteiger partial charge in [0, 0.05) is 13.8 Å². The summed E-state index contributed by atoms with van der Waals surface area (Å²) < 4.78 is 8.60. The summed E-state index contributed by atoms with van der Waals surface area (Å²) in [5, 5.41) is 0. The highest BCUT2D eigenvalue weighted by molar-refractivity contribution is 9.10. The molecule has 0 N–H and O–H groups in total. The van der Waals surface area contributed by atoms with Gasteiger partial charge in [0.15, 0.2) is 0 Å². The number of halogens is 1. The van der Waals surface area contributed by atoms with Gasteiger partial charge in [0.1, 0.15) is 0 Å². The van der Waals surface area contributed by atoms with Crippen LogP contribution in [-0.2, 0) is 23.4 Å². The predicted molar refractivity (Wildman–Crippen MR) is 63.3 cm³/mol. The number of carbonyl (C=O) groups is 2. The smallest absolute Gasteiger partial charge is 0.342 e. The number of hydrogen-bond acceptors (Lipinski definition) is 4. The van der Waals surface area contributed by atoms with Crippen LogP contribution in [-0.4, -0.2) is 17.7 Å². The monoisotopic (exact) mass is 298 g/mol. The molecule has 0 radical (unpaired) electrons. The summed E-state index contributed by atoms with van der Waals surface area (Å²) in [4.78, 5) is 23.9. The maximum absolute atomic E-state index is 12.0. The SMILES string of the molecule is CC1(C)OC(=O)C(Br)(c2ccccc2)C(=O)O1. The molecule has 2 rings (SSSR count). The van der Waals surface area contributed by atoms with Crippen molar-refractivity contribution in [2.45, 2.75) is 24.0 Å². The van der Waals surface area contributed by atoms with Crippen LogP contribution in [0.1, 0.15) is 19.4 Å². The summed E-state index contributed by atoms with van der Waals surface area (Å²) in [6.45, 7) is 3.03. The molecule has 0 saturated carbocycles. The van der Waals surface area contributed by atoms with E-state index in [1.54, 1.807) is 30.3 Å². The fourth-order valence-electron chi connectivity index (χ4n) is 1.59. The van der Waals surface area contributed by atoms with Gasteiger partial charge in [-0.25, -0.2) is 9.59 Å². The van der Waals surface area contributed by atoms with Crippen LogP contribution in [0.2, 0.25) is 0 Å². The van der Waals surface area contributed by atoms with Crippen LogP contribution in [0.5, 0.6) is 0 Å². The molecule has 1 aliphatic rings. The molecular weight excluding hydrogens is 288 g/mol. The predicted octanol–water partition coefficient (Wildman–Crippen LogP) is 2.11. The zero-order chi connectivity index (χ0) is 12.7. The van der Waals surface area contributed by atoms with Crippen molar-refractivity contribution in [3.8, 4) is 0 Å². The summed E-state index contributed by atoms with van der Waals surface area (Å²) >= 11 is 3.14. The molecule has 0 aromatic heterocycles. The second-order valence-electron chi connectivity index (χ2n) is 4.20. The third-order valence-electron chi connectivity index (χ3n) is 2.41. The second-order valence-corrected chi connectivity index (χ2v) is 5.39. The Balaban J connectivity index is 2.45. The first kappa shape index (κ1) is 12.1. The molecule has 1 heterocycles. The molecule has 1 aromatic rings. The van der Waals surface area contributed by atoms with Gasteiger partial charge in [0.05, 0.1) is 0 Å². The average molecular weight is 299 g/mol. The lowest BCUT2D eigenvalue weighted by Gasteiger charge is -2.37. The van der Waals surface area contributed by atoms with Crippen molar-refractivity contribution in [3.05, 3.63) is 35.9 Å². The van der Waals surface area contributed by atoms with E-state index in [4.69, 9.17) is 9.47 Å². The van der Waals surface area contributed by atoms with E-state index in [9.17, 15) is 9.59 Å². The van der Waals surface area contributed by atoms with Crippen LogP contribution >= 0.6 is 15.9 Å². The van der Waals surface area contributed by atoms with Gasteiger partial charge in [-0.05, 0) is 5.56 Å². The lowest BCUT2D eigenvalue weighted by atomic mass is 9.98. The minimum Gasteiger partial charge on any atom is -0.421 e. The quantitative estimate of drug-likeness (QED) is 0.453. The van der Waals surface area contributed by atoms with E-state index in [-0.39, 0.29) is 0 Å². The Kier molecular flexibility index (Phi) is 2.73. The summed E-state index contributed by atoms with van der Waals surface area (Å²) in [5.74, 6) is -2.55. The number of alkyl halides is 1. The van der Waals surface area contributed by atoms with Gasteiger partial charge < -0.3 is 9.47 Å². The van der Waals surface area contributed by atoms with Crippen molar-refractivity contribution < 1.29 is 19.1 Å². The summed E-state index contributed by atoms with van der Waals surface area (Å²) in [6, 6.07) is 8.59. The Hall–Kier alpha value is -1.36. The number of benzene rings is 1. The number of carbonyl (C=O) groups excluding carboxylic acids is 2. The molecule has 0 atom stereocenters. The van der Waals surface area contributed by atoms with Crippen LogP contribution < -0.4 is 0 Å². The van der Waals surface area contributed by atoms with Crippen molar-refractivity contribution in [1.82, 2.24) is 0 Å². The third kappa shape index (κ3) is 1.95. The van der Waals surface area contributed by atoms with Crippen LogP contribution in [0, 0.1) is 0 Å². The van der Waals surface area contributed by atoms with E-state index in [1.165, 1.54) is 13.8 Å². The van der Waals surface area contributed by atoms with Crippen LogP contribution in [0.15, 0.2) is 30.3 Å². The Bertz CT molecular complexity index is 447. The summed E-state index contributed by atoms with van der Waals surface area (Å²) in [6.07, 6.45) is 0. The first-order valence-corrected chi connectivity index (χ1v) is 5.87. The second kappa shape index (κ2) is 3.84. The fourth-order valence-corrected chi connectivity index (χ4v) is 2.02. The molecule has 1 aliphatic heterocycles. The lowest BCUT2D eigenvalue weighted by Crippen LogP contribution is -2.53. The standard InChI is InChI=1S/C12H11BrO4/c1-11(2)16-9(14)12(13,10(15)17-11)8-6-4-3-5-7-8/h3-7H,1-2H3. The van der Waals surface area contributed by atoms with Gasteiger partial charge in [-0.3, -0.25) is 0 Å². The number of rotatable bonds is 1. The van der Waals surface area contributed by atoms with E-state index in [1.807, 2.05) is 0 Å². The molecule has 0 bridgehead atoms. The van der Waals surface area contributed by atoms with Crippen molar-refractivity contribution in [3.63, 3.8) is 0 Å². The molecule has 0 aliphatic carbocycles. The summed E-state index contributed by atoms with van der Waals surface area (Å²) in [5.41, 5.74) is 0.491. The van der Waals surface area contributed by atoms with Gasteiger partial charge >= 0.3 is 11.9 Å². The highest BCUT2D eigenvalue weighted by Gasteiger charge is 2.55. The van der Waals surface area contributed by atoms with E-state index in [0.29, 0.717) is 5.56 Å². The molecule has 1 saturated heterocycles. The number of hydrogen-bond donors (Lipinski definition) is 0. The normalized spacial score (nSPS) is 21.6. The van der Waals surface area contributed by atoms with Crippen molar-refractivity contribution in [2.75, 3.05) is 0 Å². The fraction of sp³-hybridized carbons (Fsp3) is 0.333. The van der Waals surface area contributed by atoms with Crippen molar-refractivity contribution in [2.24, 2.45) is 0 Å². The molecule has 4 nitrogen and oxygen atoms in total. The molecule has 0 unspecified atom stereocenters. The van der Waals surface area contributed by atoms with Crippen LogP contribution in [0.4, 0.5) is 0 Å². The minimum absolute atomic E-state index is 0.491. The van der Waals surface area contributed by atoms with E-state index < -0.39 is 22.0 Å². The topological polar surface area (TPSA) is 52.6 Å². The van der Waals surface area contributed by atoms with Gasteiger partial charge in [0.25, 0.3) is 5.79 Å². The molecule has 0 spiro atoms. The van der Waals surface area contributed by atoms with Gasteiger partial charge in [0.2, 0.25) is 4.32 Å². The molecule has 90 valence electrons. The van der Waals surface area contributed by atoms with E-state index in [2.05, 4.69) is 15.9 Å². The largest absolute Gasteiger partial charge is 0.421 e. The number of ether oxygens (including phenoxy) is 2. The molecule has 17 heavy (non-hydrogen) atoms. The average Bonchev–Trinajstić information content (AvgIpc) is 2.26. The highest BCUT2D eigenvalue weighted by atomic mass is 79.9. The highest BCUT2D eigenvalue weighted by Crippen LogP contribution is 2.40. The molecule has 1 aromatic carbocycles. The molecule has 5 heteroatoms. The van der Waals surface area contributed by atoms with Crippen LogP contribution in [0.25, 0.3) is 0 Å². The maximum atomic E-state index is 12.0. The van der Waals surface area contributed by atoms with Crippen molar-refractivity contribution in [1.29, 1.82) is 0 Å². The maximum Gasteiger partial charge on any atom is 0.342 e. The molecule has 1 fully saturated rings. The minimum atomic E-state index is -1.57. The van der Waals surface area contributed by atoms with Gasteiger partial charge in [-0.15, -0.1) is 0 Å². The molecule has 0 amide bonds. The Morgan fingerprint density at radius 3 is 1.94 bits per heavy atom. The van der Waals surface area contributed by atoms with Crippen molar-refractivity contribution >= 4 is 27.9 Å². The van der Waals surface area contributed by atoms with Gasteiger partial charge in [-0.1, -0.05) is 46.3 Å². The van der Waals surface area contributed by atoms with Crippen LogP contribution in [0.3, 0.4) is 0 Å². The Morgan fingerprint density at radius 1 is 1.00 bits per heavy atom. The third-order valence-corrected chi connectivity index (χ3v) is 3.52. The Labute approximate surface area is 107 Å². The lowest BCUT2D eigenvalue weighted by molar-refractivity contribution is -0.236. The first-order chi connectivity index (χ1) is 7.86. The first-order valence-electron chi connectivity index (χ1n) is 5.07. The Morgan fingerprint density at radius 2 is 1.47 bits per heavy atom. The van der Waals surface area contributed by atoms with Gasteiger partial charge in [-0.2, -0.15) is 0 Å². The number of cyclic esters (lactones) is 2. The van der Waals surface area contributed by atoms with E-state index >= 15 is 0 Å².